The minimum Gasteiger partial charge on any atom is -0.461 e. The summed E-state index contributed by atoms with van der Waals surface area (Å²) in [6.07, 6.45) is 1.59. The van der Waals surface area contributed by atoms with E-state index in [0.717, 1.165) is 11.3 Å². The number of amides is 1. The highest BCUT2D eigenvalue weighted by Crippen LogP contribution is 2.27. The Bertz CT molecular complexity index is 887. The molecule has 0 spiro atoms. The van der Waals surface area contributed by atoms with Crippen molar-refractivity contribution in [1.82, 2.24) is 14.8 Å². The highest BCUT2D eigenvalue weighted by atomic mass is 32.2. The van der Waals surface area contributed by atoms with Crippen molar-refractivity contribution in [3.63, 3.8) is 0 Å². The van der Waals surface area contributed by atoms with E-state index in [-0.39, 0.29) is 11.2 Å². The molecule has 6 nitrogen and oxygen atoms in total. The largest absolute Gasteiger partial charge is 0.461 e. The lowest BCUT2D eigenvalue weighted by Gasteiger charge is -2.13. The summed E-state index contributed by atoms with van der Waals surface area (Å²) in [5.74, 6) is 1.21. The Labute approximate surface area is 150 Å². The monoisotopic (exact) mass is 356 g/mol. The summed E-state index contributed by atoms with van der Waals surface area (Å²) < 4.78 is 7.18. The fourth-order valence-corrected chi connectivity index (χ4v) is 3.25. The first-order valence-electron chi connectivity index (χ1n) is 7.93. The van der Waals surface area contributed by atoms with Crippen molar-refractivity contribution < 1.29 is 9.21 Å². The SMILES string of the molecule is Cc1ccc(NC(=O)[C@@H](C)Sc2nnc(-c3ccco3)n2C)c(C)c1. The number of carbonyl (C=O) groups is 1. The summed E-state index contributed by atoms with van der Waals surface area (Å²) in [6, 6.07) is 9.59. The Morgan fingerprint density at radius 3 is 2.76 bits per heavy atom. The molecule has 0 aliphatic heterocycles. The fourth-order valence-electron chi connectivity index (χ4n) is 2.44. The highest BCUT2D eigenvalue weighted by Gasteiger charge is 2.20. The summed E-state index contributed by atoms with van der Waals surface area (Å²) in [4.78, 5) is 12.5. The van der Waals surface area contributed by atoms with Crippen molar-refractivity contribution in [3.05, 3.63) is 47.7 Å². The van der Waals surface area contributed by atoms with Crippen LogP contribution in [0.3, 0.4) is 0 Å². The minimum atomic E-state index is -0.312. The van der Waals surface area contributed by atoms with E-state index >= 15 is 0 Å². The second-order valence-corrected chi connectivity index (χ2v) is 7.22. The molecule has 0 aliphatic carbocycles. The quantitative estimate of drug-likeness (QED) is 0.704. The van der Waals surface area contributed by atoms with Crippen molar-refractivity contribution in [2.75, 3.05) is 5.32 Å². The Hall–Kier alpha value is -2.54. The topological polar surface area (TPSA) is 73.0 Å². The van der Waals surface area contributed by atoms with E-state index in [0.29, 0.717) is 16.7 Å². The molecule has 1 amide bonds. The Morgan fingerprint density at radius 2 is 2.08 bits per heavy atom. The second kappa shape index (κ2) is 7.14. The molecule has 0 saturated heterocycles. The molecule has 1 atom stereocenters. The average molecular weight is 356 g/mol. The number of hydrogen-bond acceptors (Lipinski definition) is 5. The molecule has 0 unspecified atom stereocenters. The number of thioether (sulfide) groups is 1. The van der Waals surface area contributed by atoms with E-state index in [9.17, 15) is 4.79 Å². The van der Waals surface area contributed by atoms with E-state index in [1.165, 1.54) is 17.3 Å². The number of furan rings is 1. The molecular formula is C18H20N4O2S. The second-order valence-electron chi connectivity index (χ2n) is 5.91. The third-order valence-corrected chi connectivity index (χ3v) is 5.00. The lowest BCUT2D eigenvalue weighted by molar-refractivity contribution is -0.115. The van der Waals surface area contributed by atoms with Crippen molar-refractivity contribution in [2.24, 2.45) is 7.05 Å². The van der Waals surface area contributed by atoms with Crippen LogP contribution in [0.25, 0.3) is 11.6 Å². The van der Waals surface area contributed by atoms with Crippen LogP contribution in [0.2, 0.25) is 0 Å². The van der Waals surface area contributed by atoms with Crippen molar-refractivity contribution in [1.29, 1.82) is 0 Å². The van der Waals surface area contributed by atoms with Crippen molar-refractivity contribution >= 4 is 23.4 Å². The Morgan fingerprint density at radius 1 is 1.28 bits per heavy atom. The van der Waals surface area contributed by atoms with E-state index in [4.69, 9.17) is 4.42 Å². The van der Waals surface area contributed by atoms with Crippen LogP contribution in [0, 0.1) is 13.8 Å². The highest BCUT2D eigenvalue weighted by molar-refractivity contribution is 8.00. The predicted molar refractivity (Wildman–Crippen MR) is 98.6 cm³/mol. The van der Waals surface area contributed by atoms with Crippen LogP contribution in [-0.4, -0.2) is 25.9 Å². The number of benzene rings is 1. The standard InChI is InChI=1S/C18H20N4O2S/c1-11-7-8-14(12(2)10-11)19-17(23)13(3)25-18-21-20-16(22(18)4)15-6-5-9-24-15/h5-10,13H,1-4H3,(H,19,23)/t13-/m1/s1. The van der Waals surface area contributed by atoms with E-state index < -0.39 is 0 Å². The summed E-state index contributed by atoms with van der Waals surface area (Å²) in [7, 11) is 1.86. The molecule has 3 aromatic rings. The molecule has 7 heteroatoms. The molecule has 1 aromatic carbocycles. The molecule has 2 heterocycles. The molecule has 0 bridgehead atoms. The zero-order valence-electron chi connectivity index (χ0n) is 14.6. The van der Waals surface area contributed by atoms with Crippen LogP contribution in [0.4, 0.5) is 5.69 Å². The lowest BCUT2D eigenvalue weighted by Crippen LogP contribution is -2.23. The average Bonchev–Trinajstić information content (AvgIpc) is 3.20. The van der Waals surface area contributed by atoms with Crippen LogP contribution >= 0.6 is 11.8 Å². The van der Waals surface area contributed by atoms with E-state index in [1.807, 2.05) is 56.7 Å². The summed E-state index contributed by atoms with van der Waals surface area (Å²) in [6.45, 7) is 5.87. The number of aryl methyl sites for hydroxylation is 2. The molecule has 1 N–H and O–H groups in total. The van der Waals surface area contributed by atoms with Gasteiger partial charge in [0.1, 0.15) is 0 Å². The van der Waals surface area contributed by atoms with Crippen molar-refractivity contribution in [3.8, 4) is 11.6 Å². The number of rotatable bonds is 5. The first kappa shape index (κ1) is 17.3. The normalized spacial score (nSPS) is 12.2. The maximum atomic E-state index is 12.5. The van der Waals surface area contributed by atoms with Gasteiger partial charge in [-0.15, -0.1) is 10.2 Å². The van der Waals surface area contributed by atoms with Crippen molar-refractivity contribution in [2.45, 2.75) is 31.2 Å². The number of aromatic nitrogens is 3. The van der Waals surface area contributed by atoms with Gasteiger partial charge in [-0.1, -0.05) is 29.5 Å². The third kappa shape index (κ3) is 3.76. The first-order valence-corrected chi connectivity index (χ1v) is 8.81. The molecule has 3 rings (SSSR count). The zero-order chi connectivity index (χ0) is 18.0. The molecular weight excluding hydrogens is 336 g/mol. The van der Waals surface area contributed by atoms with E-state index in [2.05, 4.69) is 15.5 Å². The van der Waals surface area contributed by atoms with Crippen LogP contribution in [0.15, 0.2) is 46.2 Å². The number of nitrogens with one attached hydrogen (secondary N) is 1. The number of nitrogens with zero attached hydrogens (tertiary/aromatic N) is 3. The van der Waals surface area contributed by atoms with Gasteiger partial charge >= 0.3 is 0 Å². The van der Waals surface area contributed by atoms with Gasteiger partial charge in [-0.2, -0.15) is 0 Å². The molecule has 0 aliphatic rings. The number of hydrogen-bond donors (Lipinski definition) is 1. The van der Waals surface area contributed by atoms with Gasteiger partial charge in [0, 0.05) is 12.7 Å². The zero-order valence-corrected chi connectivity index (χ0v) is 15.4. The van der Waals surface area contributed by atoms with Gasteiger partial charge in [-0.05, 0) is 44.5 Å². The van der Waals surface area contributed by atoms with Crippen LogP contribution < -0.4 is 5.32 Å². The van der Waals surface area contributed by atoms with Gasteiger partial charge in [0.05, 0.1) is 11.5 Å². The molecule has 0 saturated carbocycles. The van der Waals surface area contributed by atoms with Crippen LogP contribution in [0.5, 0.6) is 0 Å². The van der Waals surface area contributed by atoms with Gasteiger partial charge < -0.3 is 14.3 Å². The molecule has 25 heavy (non-hydrogen) atoms. The Balaban J connectivity index is 1.69. The first-order chi connectivity index (χ1) is 12.0. The minimum absolute atomic E-state index is 0.0699. The van der Waals surface area contributed by atoms with E-state index in [1.54, 1.807) is 12.3 Å². The summed E-state index contributed by atoms with van der Waals surface area (Å²) in [5.41, 5.74) is 3.05. The molecule has 130 valence electrons. The summed E-state index contributed by atoms with van der Waals surface area (Å²) >= 11 is 1.36. The number of anilines is 1. The van der Waals surface area contributed by atoms with Gasteiger partial charge in [-0.25, -0.2) is 0 Å². The third-order valence-electron chi connectivity index (χ3n) is 3.87. The molecule has 0 radical (unpaired) electrons. The van der Waals surface area contributed by atoms with Crippen LogP contribution in [-0.2, 0) is 11.8 Å². The smallest absolute Gasteiger partial charge is 0.237 e. The predicted octanol–water partition coefficient (Wildman–Crippen LogP) is 3.81. The summed E-state index contributed by atoms with van der Waals surface area (Å²) in [5, 5.41) is 11.6. The van der Waals surface area contributed by atoms with Gasteiger partial charge in [0.2, 0.25) is 5.91 Å². The van der Waals surface area contributed by atoms with Gasteiger partial charge in [0.25, 0.3) is 0 Å². The van der Waals surface area contributed by atoms with Gasteiger partial charge in [-0.3, -0.25) is 4.79 Å². The maximum Gasteiger partial charge on any atom is 0.237 e. The molecule has 0 fully saturated rings. The number of carbonyl (C=O) groups excluding carboxylic acids is 1. The fraction of sp³-hybridized carbons (Fsp3) is 0.278. The van der Waals surface area contributed by atoms with Gasteiger partial charge in [0.15, 0.2) is 16.7 Å². The maximum absolute atomic E-state index is 12.5. The lowest BCUT2D eigenvalue weighted by atomic mass is 10.1. The van der Waals surface area contributed by atoms with Crippen LogP contribution in [0.1, 0.15) is 18.1 Å². The Kier molecular flexibility index (Phi) is 4.94. The molecule has 2 aromatic heterocycles.